The minimum absolute atomic E-state index is 0.313. The number of carbonyl (C=O) groups is 1. The number of fused-ring (bicyclic) bond motifs is 1. The van der Waals surface area contributed by atoms with Gasteiger partial charge < -0.3 is 18.9 Å². The van der Waals surface area contributed by atoms with Crippen molar-refractivity contribution in [3.63, 3.8) is 0 Å². The summed E-state index contributed by atoms with van der Waals surface area (Å²) >= 11 is 0. The van der Waals surface area contributed by atoms with E-state index in [1.165, 1.54) is 38.6 Å². The largest absolute Gasteiger partial charge is 0.497 e. The third-order valence-electron chi connectivity index (χ3n) is 8.17. The van der Waals surface area contributed by atoms with Gasteiger partial charge in [0.05, 0.1) is 30.8 Å². The number of hydrogen-bond acceptors (Lipinski definition) is 6. The first-order chi connectivity index (χ1) is 18.5. The lowest BCUT2D eigenvalue weighted by Crippen LogP contribution is -2.59. The molecule has 196 valence electrons. The average molecular weight is 511 g/mol. The maximum atomic E-state index is 11.7. The van der Waals surface area contributed by atoms with Crippen LogP contribution in [0.2, 0.25) is 0 Å². The van der Waals surface area contributed by atoms with E-state index >= 15 is 0 Å². The number of nitrogens with zero attached hydrogens (tertiary/aromatic N) is 4. The molecule has 0 amide bonds. The molecule has 2 aliphatic heterocycles. The van der Waals surface area contributed by atoms with E-state index in [1.807, 2.05) is 36.4 Å². The number of anilines is 1. The Morgan fingerprint density at radius 3 is 2.24 bits per heavy atom. The van der Waals surface area contributed by atoms with Crippen LogP contribution in [0.1, 0.15) is 34.3 Å². The van der Waals surface area contributed by atoms with Crippen molar-refractivity contribution in [2.45, 2.75) is 25.9 Å². The number of benzene rings is 2. The van der Waals surface area contributed by atoms with Crippen molar-refractivity contribution in [3.05, 3.63) is 89.6 Å². The molecule has 0 bridgehead atoms. The Morgan fingerprint density at radius 1 is 0.868 bits per heavy atom. The zero-order valence-corrected chi connectivity index (χ0v) is 22.1. The Balaban J connectivity index is 1.04. The van der Waals surface area contributed by atoms with Crippen LogP contribution >= 0.6 is 0 Å². The SMILES string of the molecule is COC(=O)c1ccc(Cn2ccc3nc(N4CCC5(CC4)CN(Cc4ccc(OC)cc4)C5)ccc32)cc1. The van der Waals surface area contributed by atoms with Crippen LogP contribution in [-0.2, 0) is 17.8 Å². The highest BCUT2D eigenvalue weighted by atomic mass is 16.5. The van der Waals surface area contributed by atoms with Crippen molar-refractivity contribution in [1.29, 1.82) is 0 Å². The number of carbonyl (C=O) groups excluding carboxylic acids is 1. The maximum absolute atomic E-state index is 11.7. The van der Waals surface area contributed by atoms with Crippen LogP contribution in [-0.4, -0.2) is 60.8 Å². The number of ether oxygens (including phenoxy) is 2. The molecule has 6 rings (SSSR count). The van der Waals surface area contributed by atoms with Crippen LogP contribution in [0.4, 0.5) is 5.82 Å². The molecule has 38 heavy (non-hydrogen) atoms. The van der Waals surface area contributed by atoms with Gasteiger partial charge in [0.2, 0.25) is 0 Å². The standard InChI is InChI=1S/C31H34N4O3/c1-37-26-9-5-23(6-10-26)19-33-21-31(22-33)14-17-34(18-15-31)29-12-11-28-27(32-29)13-16-35(28)20-24-3-7-25(8-4-24)30(36)38-2/h3-13,16H,14-15,17-22H2,1-2H3. The fourth-order valence-corrected chi connectivity index (χ4v) is 5.97. The van der Waals surface area contributed by atoms with Crippen molar-refractivity contribution >= 4 is 22.8 Å². The second-order valence-electron chi connectivity index (χ2n) is 10.7. The summed E-state index contributed by atoms with van der Waals surface area (Å²) in [6.07, 6.45) is 4.52. The molecule has 0 atom stereocenters. The molecule has 2 saturated heterocycles. The zero-order valence-electron chi connectivity index (χ0n) is 22.1. The molecule has 0 radical (unpaired) electrons. The van der Waals surface area contributed by atoms with Crippen LogP contribution < -0.4 is 9.64 Å². The van der Waals surface area contributed by atoms with E-state index in [0.29, 0.717) is 11.0 Å². The summed E-state index contributed by atoms with van der Waals surface area (Å²) in [5, 5.41) is 0. The second kappa shape index (κ2) is 10.1. The highest BCUT2D eigenvalue weighted by Gasteiger charge is 2.44. The Kier molecular flexibility index (Phi) is 6.54. The summed E-state index contributed by atoms with van der Waals surface area (Å²) in [5.74, 6) is 1.67. The van der Waals surface area contributed by atoms with Gasteiger partial charge in [0.15, 0.2) is 0 Å². The monoisotopic (exact) mass is 510 g/mol. The molecule has 7 nitrogen and oxygen atoms in total. The first-order valence-electron chi connectivity index (χ1n) is 13.3. The van der Waals surface area contributed by atoms with Crippen molar-refractivity contribution in [3.8, 4) is 5.75 Å². The van der Waals surface area contributed by atoms with Gasteiger partial charge in [-0.15, -0.1) is 0 Å². The first-order valence-corrected chi connectivity index (χ1v) is 13.3. The number of likely N-dealkylation sites (tertiary alicyclic amines) is 1. The predicted octanol–water partition coefficient (Wildman–Crippen LogP) is 4.98. The summed E-state index contributed by atoms with van der Waals surface area (Å²) in [5.41, 5.74) is 5.63. The lowest BCUT2D eigenvalue weighted by atomic mass is 9.72. The minimum Gasteiger partial charge on any atom is -0.497 e. The summed E-state index contributed by atoms with van der Waals surface area (Å²) in [4.78, 5) is 21.7. The number of esters is 1. The molecule has 0 saturated carbocycles. The third kappa shape index (κ3) is 4.86. The van der Waals surface area contributed by atoms with Crippen LogP contribution in [0.15, 0.2) is 72.9 Å². The van der Waals surface area contributed by atoms with E-state index in [2.05, 4.69) is 50.9 Å². The van der Waals surface area contributed by atoms with E-state index in [9.17, 15) is 4.79 Å². The van der Waals surface area contributed by atoms with Gasteiger partial charge in [-0.3, -0.25) is 4.90 Å². The van der Waals surface area contributed by atoms with Crippen LogP contribution in [0.3, 0.4) is 0 Å². The molecule has 7 heteroatoms. The molecular formula is C31H34N4O3. The molecule has 2 fully saturated rings. The predicted molar refractivity (Wildman–Crippen MR) is 149 cm³/mol. The van der Waals surface area contributed by atoms with E-state index < -0.39 is 0 Å². The summed E-state index contributed by atoms with van der Waals surface area (Å²) in [7, 11) is 3.11. The number of rotatable bonds is 7. The molecule has 1 spiro atoms. The Morgan fingerprint density at radius 2 is 1.55 bits per heavy atom. The third-order valence-corrected chi connectivity index (χ3v) is 8.17. The van der Waals surface area contributed by atoms with Gasteiger partial charge in [0.25, 0.3) is 0 Å². The molecule has 0 unspecified atom stereocenters. The lowest BCUT2D eigenvalue weighted by molar-refractivity contribution is -0.0240. The fourth-order valence-electron chi connectivity index (χ4n) is 5.97. The highest BCUT2D eigenvalue weighted by Crippen LogP contribution is 2.42. The Bertz CT molecular complexity index is 1410. The molecule has 0 aliphatic carbocycles. The smallest absolute Gasteiger partial charge is 0.337 e. The Labute approximate surface area is 223 Å². The number of aromatic nitrogens is 2. The van der Waals surface area contributed by atoms with E-state index in [-0.39, 0.29) is 5.97 Å². The van der Waals surface area contributed by atoms with Crippen molar-refractivity contribution in [2.24, 2.45) is 5.41 Å². The number of methoxy groups -OCH3 is 2. The molecule has 2 aliphatic rings. The quantitative estimate of drug-likeness (QED) is 0.327. The molecule has 4 heterocycles. The topological polar surface area (TPSA) is 59.8 Å². The van der Waals surface area contributed by atoms with E-state index in [1.54, 1.807) is 7.11 Å². The average Bonchev–Trinajstić information content (AvgIpc) is 3.34. The molecule has 2 aromatic carbocycles. The van der Waals surface area contributed by atoms with Gasteiger partial charge in [-0.1, -0.05) is 24.3 Å². The van der Waals surface area contributed by atoms with Crippen LogP contribution in [0.5, 0.6) is 5.75 Å². The fraction of sp³-hybridized carbons (Fsp3) is 0.355. The normalized spacial score (nSPS) is 16.9. The lowest BCUT2D eigenvalue weighted by Gasteiger charge is -2.54. The number of hydrogen-bond donors (Lipinski definition) is 0. The van der Waals surface area contributed by atoms with Gasteiger partial charge in [-0.2, -0.15) is 0 Å². The Hall–Kier alpha value is -3.84. The summed E-state index contributed by atoms with van der Waals surface area (Å²) in [6.45, 7) is 6.22. The highest BCUT2D eigenvalue weighted by molar-refractivity contribution is 5.89. The summed E-state index contributed by atoms with van der Waals surface area (Å²) in [6, 6.07) is 22.4. The zero-order chi connectivity index (χ0) is 26.1. The van der Waals surface area contributed by atoms with Gasteiger partial charge in [0.1, 0.15) is 11.6 Å². The minimum atomic E-state index is -0.313. The van der Waals surface area contributed by atoms with Crippen molar-refractivity contribution < 1.29 is 14.3 Å². The van der Waals surface area contributed by atoms with E-state index in [0.717, 1.165) is 54.3 Å². The molecule has 4 aromatic rings. The van der Waals surface area contributed by atoms with Gasteiger partial charge >= 0.3 is 5.97 Å². The number of piperidine rings is 1. The van der Waals surface area contributed by atoms with Crippen LogP contribution in [0.25, 0.3) is 11.0 Å². The van der Waals surface area contributed by atoms with Crippen LogP contribution in [0, 0.1) is 5.41 Å². The van der Waals surface area contributed by atoms with Gasteiger partial charge in [-0.05, 0) is 71.8 Å². The molecular weight excluding hydrogens is 476 g/mol. The molecule has 2 aromatic heterocycles. The van der Waals surface area contributed by atoms with Crippen molar-refractivity contribution in [2.75, 3.05) is 45.3 Å². The first kappa shape index (κ1) is 24.5. The van der Waals surface area contributed by atoms with Gasteiger partial charge in [0, 0.05) is 45.5 Å². The van der Waals surface area contributed by atoms with Gasteiger partial charge in [-0.25, -0.2) is 9.78 Å². The second-order valence-corrected chi connectivity index (χ2v) is 10.7. The van der Waals surface area contributed by atoms with Crippen molar-refractivity contribution in [1.82, 2.24) is 14.5 Å². The molecule has 0 N–H and O–H groups in total. The number of pyridine rings is 1. The van der Waals surface area contributed by atoms with E-state index in [4.69, 9.17) is 14.5 Å². The maximum Gasteiger partial charge on any atom is 0.337 e. The summed E-state index contributed by atoms with van der Waals surface area (Å²) < 4.78 is 12.3.